The standard InChI is InChI=1S/C23H24N3O2S/c1-28-20-13-7-16(8-14-20)15-21-25-26-23(29-21)24-22(27)19-11-9-18(10-12-19)17-5-3-2-4-6-17/h2,7-14,17H,3-6,15H2,1H3,(H,24,26,27). The van der Waals surface area contributed by atoms with Crippen molar-refractivity contribution in [2.24, 2.45) is 0 Å². The van der Waals surface area contributed by atoms with E-state index in [9.17, 15) is 4.79 Å². The molecule has 1 amide bonds. The van der Waals surface area contributed by atoms with Crippen LogP contribution in [0.2, 0.25) is 0 Å². The largest absolute Gasteiger partial charge is 0.497 e. The van der Waals surface area contributed by atoms with Crippen molar-refractivity contribution in [1.82, 2.24) is 10.2 Å². The third-order valence-electron chi connectivity index (χ3n) is 5.28. The van der Waals surface area contributed by atoms with E-state index in [-0.39, 0.29) is 5.91 Å². The molecule has 5 nitrogen and oxygen atoms in total. The number of rotatable bonds is 6. The molecule has 6 heteroatoms. The van der Waals surface area contributed by atoms with Crippen molar-refractivity contribution in [3.05, 3.63) is 76.6 Å². The lowest BCUT2D eigenvalue weighted by atomic mass is 9.84. The van der Waals surface area contributed by atoms with Crippen LogP contribution in [0.4, 0.5) is 5.13 Å². The molecule has 0 saturated heterocycles. The van der Waals surface area contributed by atoms with E-state index in [4.69, 9.17) is 4.74 Å². The van der Waals surface area contributed by atoms with Gasteiger partial charge in [-0.25, -0.2) is 0 Å². The van der Waals surface area contributed by atoms with Crippen molar-refractivity contribution in [2.45, 2.75) is 38.0 Å². The number of carbonyl (C=O) groups is 1. The van der Waals surface area contributed by atoms with E-state index < -0.39 is 0 Å². The van der Waals surface area contributed by atoms with Crippen molar-refractivity contribution in [1.29, 1.82) is 0 Å². The topological polar surface area (TPSA) is 64.1 Å². The Balaban J connectivity index is 1.35. The Kier molecular flexibility index (Phi) is 6.20. The van der Waals surface area contributed by atoms with Gasteiger partial charge in [0.15, 0.2) is 0 Å². The van der Waals surface area contributed by atoms with Crippen LogP contribution in [0.15, 0.2) is 48.5 Å². The Morgan fingerprint density at radius 1 is 1.07 bits per heavy atom. The predicted molar refractivity (Wildman–Crippen MR) is 116 cm³/mol. The fourth-order valence-electron chi connectivity index (χ4n) is 3.63. The Bertz CT molecular complexity index is 945. The summed E-state index contributed by atoms with van der Waals surface area (Å²) in [6.07, 6.45) is 7.81. The number of aromatic nitrogens is 2. The van der Waals surface area contributed by atoms with Crippen molar-refractivity contribution in [3.8, 4) is 5.75 Å². The van der Waals surface area contributed by atoms with Crippen molar-refractivity contribution >= 4 is 22.4 Å². The smallest absolute Gasteiger partial charge is 0.257 e. The highest BCUT2D eigenvalue weighted by molar-refractivity contribution is 7.15. The molecular weight excluding hydrogens is 382 g/mol. The third kappa shape index (κ3) is 5.01. The summed E-state index contributed by atoms with van der Waals surface area (Å²) in [7, 11) is 1.65. The van der Waals surface area contributed by atoms with Gasteiger partial charge < -0.3 is 4.74 Å². The zero-order valence-corrected chi connectivity index (χ0v) is 17.2. The Morgan fingerprint density at radius 2 is 1.79 bits per heavy atom. The highest BCUT2D eigenvalue weighted by atomic mass is 32.1. The number of hydrogen-bond acceptors (Lipinski definition) is 5. The number of nitrogens with zero attached hydrogens (tertiary/aromatic N) is 2. The van der Waals surface area contributed by atoms with Crippen LogP contribution < -0.4 is 10.1 Å². The van der Waals surface area contributed by atoms with Gasteiger partial charge in [-0.3, -0.25) is 10.1 Å². The third-order valence-corrected chi connectivity index (χ3v) is 6.12. The second kappa shape index (κ2) is 9.18. The van der Waals surface area contributed by atoms with Gasteiger partial charge in [0, 0.05) is 12.0 Å². The lowest BCUT2D eigenvalue weighted by Gasteiger charge is -2.21. The number of nitrogens with one attached hydrogen (secondary N) is 1. The van der Waals surface area contributed by atoms with Crippen LogP contribution in [-0.4, -0.2) is 23.2 Å². The van der Waals surface area contributed by atoms with Gasteiger partial charge >= 0.3 is 0 Å². The second-order valence-corrected chi connectivity index (χ2v) is 8.30. The van der Waals surface area contributed by atoms with Gasteiger partial charge in [0.25, 0.3) is 5.91 Å². The maximum Gasteiger partial charge on any atom is 0.257 e. The summed E-state index contributed by atoms with van der Waals surface area (Å²) in [4.78, 5) is 12.5. The van der Waals surface area contributed by atoms with Crippen LogP contribution in [0.25, 0.3) is 0 Å². The van der Waals surface area contributed by atoms with Gasteiger partial charge in [-0.2, -0.15) is 0 Å². The fraction of sp³-hybridized carbons (Fsp3) is 0.304. The summed E-state index contributed by atoms with van der Waals surface area (Å²) in [5.74, 6) is 1.29. The average Bonchev–Trinajstić information content (AvgIpc) is 3.21. The molecule has 0 atom stereocenters. The molecule has 4 rings (SSSR count). The molecule has 1 aliphatic rings. The molecule has 29 heavy (non-hydrogen) atoms. The molecule has 1 heterocycles. The quantitative estimate of drug-likeness (QED) is 0.607. The monoisotopic (exact) mass is 406 g/mol. The Morgan fingerprint density at radius 3 is 2.48 bits per heavy atom. The summed E-state index contributed by atoms with van der Waals surface area (Å²) < 4.78 is 5.18. The molecule has 149 valence electrons. The number of carbonyl (C=O) groups excluding carboxylic acids is 1. The molecule has 0 unspecified atom stereocenters. The van der Waals surface area contributed by atoms with Crippen molar-refractivity contribution in [3.63, 3.8) is 0 Å². The molecular formula is C23H24N3O2S. The predicted octanol–water partition coefficient (Wildman–Crippen LogP) is 5.25. The van der Waals surface area contributed by atoms with Gasteiger partial charge in [-0.15, -0.1) is 10.2 Å². The van der Waals surface area contributed by atoms with Crippen LogP contribution in [0, 0.1) is 6.42 Å². The summed E-state index contributed by atoms with van der Waals surface area (Å²) in [6.45, 7) is 0. The normalized spacial score (nSPS) is 14.5. The van der Waals surface area contributed by atoms with E-state index in [2.05, 4.69) is 34.1 Å². The van der Waals surface area contributed by atoms with Crippen molar-refractivity contribution < 1.29 is 9.53 Å². The first-order valence-corrected chi connectivity index (χ1v) is 10.7. The Hall–Kier alpha value is -2.73. The van der Waals surface area contributed by atoms with Gasteiger partial charge in [0.05, 0.1) is 7.11 Å². The number of methoxy groups -OCH3 is 1. The molecule has 1 aromatic heterocycles. The number of ether oxygens (including phenoxy) is 1. The molecule has 3 aromatic rings. The maximum absolute atomic E-state index is 12.5. The minimum absolute atomic E-state index is 0.152. The lowest BCUT2D eigenvalue weighted by molar-refractivity contribution is 0.102. The number of hydrogen-bond donors (Lipinski definition) is 1. The summed E-state index contributed by atoms with van der Waals surface area (Å²) in [5.41, 5.74) is 3.09. The molecule has 0 bridgehead atoms. The molecule has 2 aromatic carbocycles. The summed E-state index contributed by atoms with van der Waals surface area (Å²) >= 11 is 1.40. The molecule has 1 saturated carbocycles. The fourth-order valence-corrected chi connectivity index (χ4v) is 4.40. The first-order chi connectivity index (χ1) is 14.2. The molecule has 1 fully saturated rings. The Labute approximate surface area is 175 Å². The van der Waals surface area contributed by atoms with Gasteiger partial charge in [-0.05, 0) is 73.4 Å². The molecule has 1 radical (unpaired) electrons. The van der Waals surface area contributed by atoms with E-state index >= 15 is 0 Å². The van der Waals surface area contributed by atoms with E-state index in [1.807, 2.05) is 36.4 Å². The molecule has 0 spiro atoms. The zero-order valence-electron chi connectivity index (χ0n) is 16.4. The molecule has 1 N–H and O–H groups in total. The van der Waals surface area contributed by atoms with Crippen LogP contribution in [-0.2, 0) is 6.42 Å². The van der Waals surface area contributed by atoms with E-state index in [1.54, 1.807) is 7.11 Å². The highest BCUT2D eigenvalue weighted by Gasteiger charge is 2.16. The van der Waals surface area contributed by atoms with E-state index in [1.165, 1.54) is 42.6 Å². The SMILES string of the molecule is COc1ccc(Cc2nnc(NC(=O)c3ccc(C4CC[CH]CC4)cc3)s2)cc1. The number of anilines is 1. The molecule has 1 aliphatic carbocycles. The van der Waals surface area contributed by atoms with Crippen LogP contribution in [0.1, 0.15) is 58.1 Å². The second-order valence-electron chi connectivity index (χ2n) is 7.24. The minimum atomic E-state index is -0.152. The summed E-state index contributed by atoms with van der Waals surface area (Å²) in [5, 5.41) is 12.5. The van der Waals surface area contributed by atoms with Crippen LogP contribution in [0.5, 0.6) is 5.75 Å². The maximum atomic E-state index is 12.5. The molecule has 0 aliphatic heterocycles. The van der Waals surface area contributed by atoms with E-state index in [0.29, 0.717) is 23.0 Å². The first kappa shape index (κ1) is 19.6. The zero-order chi connectivity index (χ0) is 20.1. The lowest BCUT2D eigenvalue weighted by Crippen LogP contribution is -2.12. The van der Waals surface area contributed by atoms with Gasteiger partial charge in [-0.1, -0.05) is 35.6 Å². The number of amides is 1. The average molecular weight is 407 g/mol. The van der Waals surface area contributed by atoms with Gasteiger partial charge in [0.1, 0.15) is 10.8 Å². The van der Waals surface area contributed by atoms with Crippen LogP contribution in [0.3, 0.4) is 0 Å². The summed E-state index contributed by atoms with van der Waals surface area (Å²) in [6, 6.07) is 15.8. The first-order valence-electron chi connectivity index (χ1n) is 9.89. The van der Waals surface area contributed by atoms with Gasteiger partial charge in [0.2, 0.25) is 5.13 Å². The minimum Gasteiger partial charge on any atom is -0.497 e. The number of benzene rings is 2. The van der Waals surface area contributed by atoms with Crippen LogP contribution >= 0.6 is 11.3 Å². The van der Waals surface area contributed by atoms with Crippen molar-refractivity contribution in [2.75, 3.05) is 12.4 Å². The highest BCUT2D eigenvalue weighted by Crippen LogP contribution is 2.32. The van der Waals surface area contributed by atoms with E-state index in [0.717, 1.165) is 16.3 Å².